The third-order valence-electron chi connectivity index (χ3n) is 3.53. The van der Waals surface area contributed by atoms with E-state index < -0.39 is 5.97 Å². The van der Waals surface area contributed by atoms with Crippen molar-refractivity contribution in [3.63, 3.8) is 0 Å². The number of carboxylic acids is 1. The molecule has 5 heteroatoms. The first-order valence-electron chi connectivity index (χ1n) is 6.75. The predicted molar refractivity (Wildman–Crippen MR) is 80.9 cm³/mol. The second kappa shape index (κ2) is 5.36. The molecule has 1 aliphatic heterocycles. The van der Waals surface area contributed by atoms with E-state index in [1.54, 1.807) is 12.1 Å². The molecule has 5 nitrogen and oxygen atoms in total. The monoisotopic (exact) mass is 284 g/mol. The number of ether oxygens (including phenoxy) is 1. The Morgan fingerprint density at radius 3 is 2.86 bits per heavy atom. The van der Waals surface area contributed by atoms with Gasteiger partial charge in [-0.25, -0.2) is 4.79 Å². The van der Waals surface area contributed by atoms with Crippen LogP contribution in [0.15, 0.2) is 42.5 Å². The molecule has 21 heavy (non-hydrogen) atoms. The van der Waals surface area contributed by atoms with Crippen LogP contribution in [0.4, 0.5) is 11.4 Å². The first-order chi connectivity index (χ1) is 10.1. The number of carbonyl (C=O) groups is 1. The van der Waals surface area contributed by atoms with E-state index in [0.29, 0.717) is 6.54 Å². The molecule has 2 aromatic carbocycles. The van der Waals surface area contributed by atoms with Crippen molar-refractivity contribution in [2.24, 2.45) is 0 Å². The summed E-state index contributed by atoms with van der Waals surface area (Å²) in [6.45, 7) is 0.639. The molecule has 0 bridgehead atoms. The minimum absolute atomic E-state index is 0.0720. The van der Waals surface area contributed by atoms with Gasteiger partial charge in [0.1, 0.15) is 11.9 Å². The normalized spacial score (nSPS) is 16.1. The fourth-order valence-electron chi connectivity index (χ4n) is 2.47. The van der Waals surface area contributed by atoms with E-state index in [9.17, 15) is 4.79 Å². The van der Waals surface area contributed by atoms with Gasteiger partial charge in [0.2, 0.25) is 0 Å². The highest BCUT2D eigenvalue weighted by Crippen LogP contribution is 2.28. The number of hydrogen-bond donors (Lipinski definition) is 3. The van der Waals surface area contributed by atoms with E-state index in [2.05, 4.69) is 11.4 Å². The number of rotatable bonds is 4. The Hall–Kier alpha value is -2.69. The van der Waals surface area contributed by atoms with Gasteiger partial charge >= 0.3 is 5.97 Å². The van der Waals surface area contributed by atoms with Crippen LogP contribution in [0.2, 0.25) is 0 Å². The number of nitrogens with one attached hydrogen (secondary N) is 1. The van der Waals surface area contributed by atoms with Crippen LogP contribution in [-0.2, 0) is 6.42 Å². The van der Waals surface area contributed by atoms with Gasteiger partial charge in [0.15, 0.2) is 0 Å². The molecule has 0 radical (unpaired) electrons. The highest BCUT2D eigenvalue weighted by molar-refractivity contribution is 5.94. The van der Waals surface area contributed by atoms with Crippen molar-refractivity contribution in [2.45, 2.75) is 12.5 Å². The average Bonchev–Trinajstić information content (AvgIpc) is 2.87. The van der Waals surface area contributed by atoms with Crippen LogP contribution < -0.4 is 15.8 Å². The minimum atomic E-state index is -1.02. The largest absolute Gasteiger partial charge is 0.488 e. The lowest BCUT2D eigenvalue weighted by molar-refractivity contribution is 0.0698. The zero-order valence-corrected chi connectivity index (χ0v) is 11.4. The molecule has 0 aromatic heterocycles. The molecule has 2 aromatic rings. The van der Waals surface area contributed by atoms with Gasteiger partial charge in [-0.05, 0) is 29.8 Å². The number of nitrogen functional groups attached to an aromatic ring is 1. The maximum Gasteiger partial charge on any atom is 0.337 e. The first kappa shape index (κ1) is 13.3. The summed E-state index contributed by atoms with van der Waals surface area (Å²) in [5.74, 6) is -0.0846. The van der Waals surface area contributed by atoms with Crippen LogP contribution in [0.5, 0.6) is 5.75 Å². The highest BCUT2D eigenvalue weighted by Gasteiger charge is 2.21. The van der Waals surface area contributed by atoms with E-state index in [4.69, 9.17) is 15.6 Å². The molecule has 0 aliphatic carbocycles. The Balaban J connectivity index is 1.62. The molecule has 3 rings (SSSR count). The predicted octanol–water partition coefficient (Wildman–Crippen LogP) is 2.38. The van der Waals surface area contributed by atoms with Crippen molar-refractivity contribution in [1.29, 1.82) is 0 Å². The van der Waals surface area contributed by atoms with Gasteiger partial charge in [-0.3, -0.25) is 0 Å². The molecular formula is C16H16N2O3. The average molecular weight is 284 g/mol. The maximum absolute atomic E-state index is 10.9. The lowest BCUT2D eigenvalue weighted by atomic mass is 10.1. The molecule has 0 spiro atoms. The molecule has 0 saturated carbocycles. The number of anilines is 2. The van der Waals surface area contributed by atoms with Crippen molar-refractivity contribution >= 4 is 17.3 Å². The zero-order chi connectivity index (χ0) is 14.8. The Labute approximate surface area is 122 Å². The first-order valence-corrected chi connectivity index (χ1v) is 6.75. The molecule has 0 saturated heterocycles. The fraction of sp³-hybridized carbons (Fsp3) is 0.188. The van der Waals surface area contributed by atoms with Crippen LogP contribution in [0.1, 0.15) is 15.9 Å². The number of hydrogen-bond acceptors (Lipinski definition) is 4. The van der Waals surface area contributed by atoms with Gasteiger partial charge in [-0.15, -0.1) is 0 Å². The number of nitrogens with two attached hydrogens (primary N) is 1. The zero-order valence-electron chi connectivity index (χ0n) is 11.4. The molecule has 1 heterocycles. The Kier molecular flexibility index (Phi) is 3.39. The summed E-state index contributed by atoms with van der Waals surface area (Å²) < 4.78 is 5.83. The van der Waals surface area contributed by atoms with Gasteiger partial charge in [0, 0.05) is 17.8 Å². The number of benzene rings is 2. The van der Waals surface area contributed by atoms with Gasteiger partial charge in [0.05, 0.1) is 12.1 Å². The van der Waals surface area contributed by atoms with E-state index in [-0.39, 0.29) is 17.4 Å². The molecule has 0 amide bonds. The summed E-state index contributed by atoms with van der Waals surface area (Å²) >= 11 is 0. The summed E-state index contributed by atoms with van der Waals surface area (Å²) in [7, 11) is 0. The maximum atomic E-state index is 10.9. The lowest BCUT2D eigenvalue weighted by Gasteiger charge is -2.13. The Morgan fingerprint density at radius 2 is 2.14 bits per heavy atom. The van der Waals surface area contributed by atoms with Crippen molar-refractivity contribution in [3.8, 4) is 5.75 Å². The smallest absolute Gasteiger partial charge is 0.337 e. The van der Waals surface area contributed by atoms with Gasteiger partial charge in [-0.2, -0.15) is 0 Å². The van der Waals surface area contributed by atoms with Crippen molar-refractivity contribution in [3.05, 3.63) is 53.6 Å². The summed E-state index contributed by atoms with van der Waals surface area (Å²) in [4.78, 5) is 10.9. The summed E-state index contributed by atoms with van der Waals surface area (Å²) in [5.41, 5.74) is 8.09. The van der Waals surface area contributed by atoms with Gasteiger partial charge in [-0.1, -0.05) is 18.2 Å². The van der Waals surface area contributed by atoms with Crippen LogP contribution in [0.3, 0.4) is 0 Å². The Morgan fingerprint density at radius 1 is 1.33 bits per heavy atom. The Bertz CT molecular complexity index is 660. The summed E-state index contributed by atoms with van der Waals surface area (Å²) in [6.07, 6.45) is 0.939. The lowest BCUT2D eigenvalue weighted by Crippen LogP contribution is -2.24. The van der Waals surface area contributed by atoms with Crippen molar-refractivity contribution in [2.75, 3.05) is 17.6 Å². The second-order valence-electron chi connectivity index (χ2n) is 5.04. The van der Waals surface area contributed by atoms with E-state index in [0.717, 1.165) is 17.9 Å². The van der Waals surface area contributed by atoms with E-state index in [1.807, 2.05) is 18.2 Å². The molecule has 108 valence electrons. The number of carboxylic acid groups (broad SMARTS) is 1. The summed E-state index contributed by atoms with van der Waals surface area (Å²) in [5, 5.41) is 12.2. The molecule has 1 aliphatic rings. The third kappa shape index (κ3) is 2.76. The van der Waals surface area contributed by atoms with Crippen LogP contribution in [-0.4, -0.2) is 23.7 Å². The number of fused-ring (bicyclic) bond motifs is 1. The van der Waals surface area contributed by atoms with Gasteiger partial charge in [0.25, 0.3) is 0 Å². The molecule has 1 atom stereocenters. The van der Waals surface area contributed by atoms with Crippen molar-refractivity contribution < 1.29 is 14.6 Å². The van der Waals surface area contributed by atoms with Crippen molar-refractivity contribution in [1.82, 2.24) is 0 Å². The molecule has 0 fully saturated rings. The molecule has 1 unspecified atom stereocenters. The number of para-hydroxylation sites is 1. The van der Waals surface area contributed by atoms with Crippen LogP contribution >= 0.6 is 0 Å². The van der Waals surface area contributed by atoms with E-state index in [1.165, 1.54) is 11.6 Å². The van der Waals surface area contributed by atoms with Crippen LogP contribution in [0.25, 0.3) is 0 Å². The topological polar surface area (TPSA) is 84.6 Å². The fourth-order valence-corrected chi connectivity index (χ4v) is 2.47. The number of aromatic carboxylic acids is 1. The van der Waals surface area contributed by atoms with Gasteiger partial charge < -0.3 is 20.9 Å². The molecular weight excluding hydrogens is 268 g/mol. The molecule has 4 N–H and O–H groups in total. The van der Waals surface area contributed by atoms with Crippen LogP contribution in [0, 0.1) is 0 Å². The third-order valence-corrected chi connectivity index (χ3v) is 3.53. The second-order valence-corrected chi connectivity index (χ2v) is 5.04. The highest BCUT2D eigenvalue weighted by atomic mass is 16.5. The standard InChI is InChI=1S/C16H16N2O3/c17-14-8-11(5-6-13(14)16(19)20)18-9-12-7-10-3-1-2-4-15(10)21-12/h1-6,8,12,18H,7,9,17H2,(H,19,20). The summed E-state index contributed by atoms with van der Waals surface area (Å²) in [6, 6.07) is 12.8. The van der Waals surface area contributed by atoms with E-state index >= 15 is 0 Å². The minimum Gasteiger partial charge on any atom is -0.488 e. The SMILES string of the molecule is Nc1cc(NCC2Cc3ccccc3O2)ccc1C(=O)O. The quantitative estimate of drug-likeness (QED) is 0.751.